The summed E-state index contributed by atoms with van der Waals surface area (Å²) < 4.78 is 5.48. The van der Waals surface area contributed by atoms with Crippen molar-refractivity contribution in [3.63, 3.8) is 0 Å². The van der Waals surface area contributed by atoms with Crippen molar-refractivity contribution in [2.45, 2.75) is 18.9 Å². The number of ether oxygens (including phenoxy) is 1. The van der Waals surface area contributed by atoms with Crippen LogP contribution in [0.3, 0.4) is 0 Å². The first-order valence-corrected chi connectivity index (χ1v) is 7.99. The van der Waals surface area contributed by atoms with E-state index in [0.717, 1.165) is 50.3 Å². The minimum absolute atomic E-state index is 0.403. The van der Waals surface area contributed by atoms with Gasteiger partial charge in [0.05, 0.1) is 0 Å². The van der Waals surface area contributed by atoms with Gasteiger partial charge in [-0.05, 0) is 36.9 Å². The minimum atomic E-state index is 0.403. The van der Waals surface area contributed by atoms with Crippen LogP contribution >= 0.6 is 11.6 Å². The Kier molecular flexibility index (Phi) is 4.94. The van der Waals surface area contributed by atoms with Gasteiger partial charge in [-0.15, -0.1) is 0 Å². The summed E-state index contributed by atoms with van der Waals surface area (Å²) in [6.45, 7) is 6.20. The third-order valence-corrected chi connectivity index (χ3v) is 4.81. The standard InChI is InChI=1S/C16H23ClN2O/c17-15-4-2-1-3-14(15)16-11-18-7-9-19(16)8-5-13-6-10-20-12-13/h1-4,13,16,18H,5-12H2. The van der Waals surface area contributed by atoms with Crippen LogP contribution in [0.25, 0.3) is 0 Å². The number of rotatable bonds is 4. The number of hydrogen-bond acceptors (Lipinski definition) is 3. The fourth-order valence-electron chi connectivity index (χ4n) is 3.23. The highest BCUT2D eigenvalue weighted by atomic mass is 35.5. The fraction of sp³-hybridized carbons (Fsp3) is 0.625. The third-order valence-electron chi connectivity index (χ3n) is 4.47. The SMILES string of the molecule is Clc1ccccc1C1CNCCN1CCC1CCOC1. The van der Waals surface area contributed by atoms with E-state index in [2.05, 4.69) is 22.3 Å². The normalized spacial score (nSPS) is 27.9. The maximum atomic E-state index is 6.38. The van der Waals surface area contributed by atoms with Crippen LogP contribution in [0.15, 0.2) is 24.3 Å². The number of halogens is 1. The van der Waals surface area contributed by atoms with E-state index in [1.165, 1.54) is 18.4 Å². The zero-order valence-corrected chi connectivity index (χ0v) is 12.6. The summed E-state index contributed by atoms with van der Waals surface area (Å²) in [7, 11) is 0. The molecule has 2 fully saturated rings. The van der Waals surface area contributed by atoms with Crippen molar-refractivity contribution in [2.24, 2.45) is 5.92 Å². The van der Waals surface area contributed by atoms with Crippen molar-refractivity contribution in [2.75, 3.05) is 39.4 Å². The van der Waals surface area contributed by atoms with Gasteiger partial charge in [-0.25, -0.2) is 0 Å². The van der Waals surface area contributed by atoms with Crippen molar-refractivity contribution in [1.82, 2.24) is 10.2 Å². The van der Waals surface area contributed by atoms with Gasteiger partial charge in [-0.2, -0.15) is 0 Å². The number of nitrogens with one attached hydrogen (secondary N) is 1. The Morgan fingerprint density at radius 3 is 3.05 bits per heavy atom. The lowest BCUT2D eigenvalue weighted by Gasteiger charge is -2.37. The first kappa shape index (κ1) is 14.3. The molecule has 3 rings (SSSR count). The molecule has 0 saturated carbocycles. The molecule has 2 aliphatic rings. The van der Waals surface area contributed by atoms with E-state index < -0.39 is 0 Å². The lowest BCUT2D eigenvalue weighted by Crippen LogP contribution is -2.46. The first-order chi connectivity index (χ1) is 9.84. The topological polar surface area (TPSA) is 24.5 Å². The summed E-state index contributed by atoms with van der Waals surface area (Å²) in [5.74, 6) is 0.747. The largest absolute Gasteiger partial charge is 0.381 e. The zero-order valence-electron chi connectivity index (χ0n) is 11.9. The predicted octanol–water partition coefficient (Wildman–Crippen LogP) is 2.71. The van der Waals surface area contributed by atoms with Crippen LogP contribution in [0, 0.1) is 5.92 Å². The summed E-state index contributed by atoms with van der Waals surface area (Å²) in [6.07, 6.45) is 2.46. The highest BCUT2D eigenvalue weighted by Gasteiger charge is 2.26. The number of hydrogen-bond donors (Lipinski definition) is 1. The third kappa shape index (κ3) is 3.34. The van der Waals surface area contributed by atoms with Gasteiger partial charge < -0.3 is 10.1 Å². The number of piperazine rings is 1. The predicted molar refractivity (Wildman–Crippen MR) is 82.2 cm³/mol. The van der Waals surface area contributed by atoms with E-state index in [1.807, 2.05) is 12.1 Å². The molecule has 3 nitrogen and oxygen atoms in total. The maximum absolute atomic E-state index is 6.38. The van der Waals surface area contributed by atoms with Gasteiger partial charge in [0.1, 0.15) is 0 Å². The van der Waals surface area contributed by atoms with Crippen LogP contribution < -0.4 is 5.32 Å². The van der Waals surface area contributed by atoms with Crippen LogP contribution in [0.1, 0.15) is 24.4 Å². The highest BCUT2D eigenvalue weighted by Crippen LogP contribution is 2.29. The van der Waals surface area contributed by atoms with Gasteiger partial charge in [0, 0.05) is 43.9 Å². The summed E-state index contributed by atoms with van der Waals surface area (Å²) in [5.41, 5.74) is 1.25. The van der Waals surface area contributed by atoms with Gasteiger partial charge >= 0.3 is 0 Å². The quantitative estimate of drug-likeness (QED) is 0.924. The first-order valence-electron chi connectivity index (χ1n) is 7.61. The molecule has 2 aliphatic heterocycles. The molecule has 0 spiro atoms. The van der Waals surface area contributed by atoms with Crippen LogP contribution in [0.5, 0.6) is 0 Å². The average molecular weight is 295 g/mol. The van der Waals surface area contributed by atoms with Crippen LogP contribution in [-0.4, -0.2) is 44.3 Å². The van der Waals surface area contributed by atoms with E-state index in [-0.39, 0.29) is 0 Å². The van der Waals surface area contributed by atoms with E-state index in [1.54, 1.807) is 0 Å². The molecule has 1 N–H and O–H groups in total. The van der Waals surface area contributed by atoms with Crippen LogP contribution in [0.2, 0.25) is 5.02 Å². The molecule has 0 aliphatic carbocycles. The lowest BCUT2D eigenvalue weighted by atomic mass is 10.0. The maximum Gasteiger partial charge on any atom is 0.0495 e. The zero-order chi connectivity index (χ0) is 13.8. The molecule has 2 saturated heterocycles. The van der Waals surface area contributed by atoms with Gasteiger partial charge in [-0.3, -0.25) is 4.90 Å². The molecule has 1 aromatic carbocycles. The molecule has 0 amide bonds. The van der Waals surface area contributed by atoms with E-state index >= 15 is 0 Å². The molecule has 2 heterocycles. The Bertz CT molecular complexity index is 434. The molecular weight excluding hydrogens is 272 g/mol. The number of nitrogens with zero attached hydrogens (tertiary/aromatic N) is 1. The second-order valence-corrected chi connectivity index (χ2v) is 6.20. The Morgan fingerprint density at radius 2 is 2.25 bits per heavy atom. The van der Waals surface area contributed by atoms with Crippen molar-refractivity contribution < 1.29 is 4.74 Å². The summed E-state index contributed by atoms with van der Waals surface area (Å²) >= 11 is 6.38. The second-order valence-electron chi connectivity index (χ2n) is 5.80. The Balaban J connectivity index is 1.65. The molecule has 0 bridgehead atoms. The van der Waals surface area contributed by atoms with Gasteiger partial charge in [0.25, 0.3) is 0 Å². The Labute approximate surface area is 126 Å². The van der Waals surface area contributed by atoms with E-state index in [4.69, 9.17) is 16.3 Å². The monoisotopic (exact) mass is 294 g/mol. The Hall–Kier alpha value is -0.610. The molecule has 0 aromatic heterocycles. The summed E-state index contributed by atoms with van der Waals surface area (Å²) in [5, 5.41) is 4.38. The van der Waals surface area contributed by atoms with E-state index in [0.29, 0.717) is 6.04 Å². The van der Waals surface area contributed by atoms with Gasteiger partial charge in [-0.1, -0.05) is 29.8 Å². The van der Waals surface area contributed by atoms with Crippen molar-refractivity contribution in [3.8, 4) is 0 Å². The molecular formula is C16H23ClN2O. The molecule has 20 heavy (non-hydrogen) atoms. The molecule has 4 heteroatoms. The fourth-order valence-corrected chi connectivity index (χ4v) is 3.49. The van der Waals surface area contributed by atoms with Crippen molar-refractivity contribution in [1.29, 1.82) is 0 Å². The second kappa shape index (κ2) is 6.90. The van der Waals surface area contributed by atoms with Crippen LogP contribution in [0.4, 0.5) is 0 Å². The number of benzene rings is 1. The molecule has 1 aromatic rings. The summed E-state index contributed by atoms with van der Waals surface area (Å²) in [6, 6.07) is 8.64. The minimum Gasteiger partial charge on any atom is -0.381 e. The average Bonchev–Trinajstić information content (AvgIpc) is 2.99. The van der Waals surface area contributed by atoms with Crippen molar-refractivity contribution >= 4 is 11.6 Å². The van der Waals surface area contributed by atoms with Crippen LogP contribution in [-0.2, 0) is 4.74 Å². The molecule has 110 valence electrons. The lowest BCUT2D eigenvalue weighted by molar-refractivity contribution is 0.143. The van der Waals surface area contributed by atoms with Gasteiger partial charge in [0.2, 0.25) is 0 Å². The summed E-state index contributed by atoms with van der Waals surface area (Å²) in [4.78, 5) is 2.58. The molecule has 2 unspecified atom stereocenters. The Morgan fingerprint density at radius 1 is 1.35 bits per heavy atom. The highest BCUT2D eigenvalue weighted by molar-refractivity contribution is 6.31. The van der Waals surface area contributed by atoms with Gasteiger partial charge in [0.15, 0.2) is 0 Å². The van der Waals surface area contributed by atoms with Crippen molar-refractivity contribution in [3.05, 3.63) is 34.9 Å². The van der Waals surface area contributed by atoms with E-state index in [9.17, 15) is 0 Å². The molecule has 2 atom stereocenters. The smallest absolute Gasteiger partial charge is 0.0495 e. The molecule has 0 radical (unpaired) electrons.